The average molecular weight is 358 g/mol. The van der Waals surface area contributed by atoms with Gasteiger partial charge in [0.2, 0.25) is 12.2 Å². The van der Waals surface area contributed by atoms with Gasteiger partial charge >= 0.3 is 23.9 Å². The molecule has 0 fully saturated rings. The summed E-state index contributed by atoms with van der Waals surface area (Å²) in [6.07, 6.45) is -4.43. The van der Waals surface area contributed by atoms with Gasteiger partial charge in [-0.1, -0.05) is 36.4 Å². The van der Waals surface area contributed by atoms with E-state index in [4.69, 9.17) is 9.47 Å². The van der Waals surface area contributed by atoms with Gasteiger partial charge in [-0.05, 0) is 24.3 Å². The van der Waals surface area contributed by atoms with Crippen molar-refractivity contribution in [1.82, 2.24) is 0 Å². The molecule has 0 aliphatic carbocycles. The monoisotopic (exact) mass is 358 g/mol. The number of benzene rings is 2. The predicted octanol–water partition coefficient (Wildman–Crippen LogP) is 1.61. The SMILES string of the molecule is O=C(OC(C(=O)O)[C@H](OC(=O)c1ccccc1)C(=O)O)c1ccccc1. The highest BCUT2D eigenvalue weighted by Crippen LogP contribution is 2.13. The maximum absolute atomic E-state index is 12.0. The molecule has 2 rings (SSSR count). The van der Waals surface area contributed by atoms with Crippen LogP contribution in [0.2, 0.25) is 0 Å². The summed E-state index contributed by atoms with van der Waals surface area (Å²) in [4.78, 5) is 46.8. The third-order valence-electron chi connectivity index (χ3n) is 3.25. The van der Waals surface area contributed by atoms with E-state index in [1.165, 1.54) is 48.5 Å². The van der Waals surface area contributed by atoms with Crippen LogP contribution in [0.15, 0.2) is 60.7 Å². The van der Waals surface area contributed by atoms with Crippen LogP contribution in [0.3, 0.4) is 0 Å². The highest BCUT2D eigenvalue weighted by Gasteiger charge is 2.40. The summed E-state index contributed by atoms with van der Waals surface area (Å²) in [5.74, 6) is -5.63. The highest BCUT2D eigenvalue weighted by molar-refractivity contribution is 5.95. The lowest BCUT2D eigenvalue weighted by molar-refractivity contribution is -0.166. The molecule has 134 valence electrons. The van der Waals surface area contributed by atoms with Gasteiger partial charge in [0.1, 0.15) is 0 Å². The van der Waals surface area contributed by atoms with E-state index in [0.29, 0.717) is 0 Å². The van der Waals surface area contributed by atoms with Gasteiger partial charge in [-0.25, -0.2) is 19.2 Å². The molecule has 0 aliphatic heterocycles. The molecular weight excluding hydrogens is 344 g/mol. The maximum atomic E-state index is 12.0. The number of carboxylic acids is 2. The number of aliphatic carboxylic acids is 2. The minimum Gasteiger partial charge on any atom is -0.478 e. The quantitative estimate of drug-likeness (QED) is 0.715. The Balaban J connectivity index is 2.20. The van der Waals surface area contributed by atoms with Gasteiger partial charge in [0, 0.05) is 0 Å². The topological polar surface area (TPSA) is 127 Å². The smallest absolute Gasteiger partial charge is 0.349 e. The minimum absolute atomic E-state index is 0.0253. The summed E-state index contributed by atoms with van der Waals surface area (Å²) in [6, 6.07) is 14.8. The normalized spacial score (nSPS) is 12.5. The molecule has 0 radical (unpaired) electrons. The largest absolute Gasteiger partial charge is 0.478 e. The van der Waals surface area contributed by atoms with E-state index in [0.717, 1.165) is 0 Å². The Morgan fingerprint density at radius 3 is 1.19 bits per heavy atom. The van der Waals surface area contributed by atoms with Crippen LogP contribution in [0.1, 0.15) is 20.7 Å². The Bertz CT molecular complexity index is 731. The Labute approximate surface area is 147 Å². The Kier molecular flexibility index (Phi) is 6.05. The lowest BCUT2D eigenvalue weighted by atomic mass is 10.1. The summed E-state index contributed by atoms with van der Waals surface area (Å²) in [5, 5.41) is 18.5. The third kappa shape index (κ3) is 4.67. The van der Waals surface area contributed by atoms with E-state index in [1.54, 1.807) is 12.1 Å². The van der Waals surface area contributed by atoms with E-state index in [-0.39, 0.29) is 11.1 Å². The number of carboxylic acid groups (broad SMARTS) is 2. The molecule has 26 heavy (non-hydrogen) atoms. The summed E-state index contributed by atoms with van der Waals surface area (Å²) in [7, 11) is 0. The van der Waals surface area contributed by atoms with Crippen LogP contribution in [0.5, 0.6) is 0 Å². The molecule has 0 saturated carbocycles. The second kappa shape index (κ2) is 8.43. The van der Waals surface area contributed by atoms with Crippen LogP contribution in [0.25, 0.3) is 0 Å². The van der Waals surface area contributed by atoms with Crippen LogP contribution < -0.4 is 0 Å². The number of carbonyl (C=O) groups excluding carboxylic acids is 2. The number of hydrogen-bond acceptors (Lipinski definition) is 6. The zero-order chi connectivity index (χ0) is 19.1. The van der Waals surface area contributed by atoms with Crippen molar-refractivity contribution in [1.29, 1.82) is 0 Å². The van der Waals surface area contributed by atoms with Crippen molar-refractivity contribution in [2.45, 2.75) is 12.2 Å². The molecule has 2 atom stereocenters. The van der Waals surface area contributed by atoms with E-state index in [1.807, 2.05) is 0 Å². The molecule has 8 heteroatoms. The molecule has 2 aromatic rings. The predicted molar refractivity (Wildman–Crippen MR) is 86.6 cm³/mol. The van der Waals surface area contributed by atoms with E-state index in [2.05, 4.69) is 0 Å². The number of hydrogen-bond donors (Lipinski definition) is 2. The molecule has 0 heterocycles. The van der Waals surface area contributed by atoms with Gasteiger partial charge in [0.05, 0.1) is 11.1 Å². The zero-order valence-electron chi connectivity index (χ0n) is 13.3. The lowest BCUT2D eigenvalue weighted by Gasteiger charge is -2.21. The summed E-state index contributed by atoms with van der Waals surface area (Å²) in [6.45, 7) is 0. The van der Waals surface area contributed by atoms with E-state index in [9.17, 15) is 29.4 Å². The molecule has 0 aromatic heterocycles. The summed E-state index contributed by atoms with van der Waals surface area (Å²) >= 11 is 0. The summed E-state index contributed by atoms with van der Waals surface area (Å²) in [5.41, 5.74) is 0.0505. The number of ether oxygens (including phenoxy) is 2. The van der Waals surface area contributed by atoms with Crippen molar-refractivity contribution >= 4 is 23.9 Å². The van der Waals surface area contributed by atoms with Crippen molar-refractivity contribution in [2.24, 2.45) is 0 Å². The first-order valence-corrected chi connectivity index (χ1v) is 7.38. The standard InChI is InChI=1S/C18H14O8/c19-15(20)13(25-17(23)11-7-3-1-4-8-11)14(16(21)22)26-18(24)12-9-5-2-6-10-12/h1-10,13-14H,(H,19,20)(H,21,22)/t13-,14?/m0/s1. The summed E-state index contributed by atoms with van der Waals surface area (Å²) < 4.78 is 9.52. The molecule has 2 N–H and O–H groups in total. The molecule has 1 unspecified atom stereocenters. The lowest BCUT2D eigenvalue weighted by Crippen LogP contribution is -2.45. The fourth-order valence-corrected chi connectivity index (χ4v) is 2.00. The molecule has 2 aromatic carbocycles. The third-order valence-corrected chi connectivity index (χ3v) is 3.25. The van der Waals surface area contributed by atoms with Crippen LogP contribution in [-0.4, -0.2) is 46.3 Å². The second-order valence-electron chi connectivity index (χ2n) is 5.06. The fraction of sp³-hybridized carbons (Fsp3) is 0.111. The number of carbonyl (C=O) groups is 4. The van der Waals surface area contributed by atoms with Crippen LogP contribution in [0.4, 0.5) is 0 Å². The average Bonchev–Trinajstić information content (AvgIpc) is 2.65. The second-order valence-corrected chi connectivity index (χ2v) is 5.06. The zero-order valence-corrected chi connectivity index (χ0v) is 13.3. The van der Waals surface area contributed by atoms with Gasteiger partial charge in [-0.3, -0.25) is 0 Å². The first-order valence-electron chi connectivity index (χ1n) is 7.38. The Morgan fingerprint density at radius 2 is 0.923 bits per heavy atom. The highest BCUT2D eigenvalue weighted by atomic mass is 16.6. The van der Waals surface area contributed by atoms with Crippen LogP contribution >= 0.6 is 0 Å². The Morgan fingerprint density at radius 1 is 0.615 bits per heavy atom. The molecule has 0 spiro atoms. The van der Waals surface area contributed by atoms with Crippen LogP contribution in [0, 0.1) is 0 Å². The van der Waals surface area contributed by atoms with Gasteiger partial charge in [0.15, 0.2) is 0 Å². The first-order chi connectivity index (χ1) is 12.4. The van der Waals surface area contributed by atoms with Gasteiger partial charge in [-0.15, -0.1) is 0 Å². The number of esters is 2. The molecule has 0 saturated heterocycles. The number of rotatable bonds is 7. The van der Waals surface area contributed by atoms with E-state index < -0.39 is 36.1 Å². The molecule has 0 aliphatic rings. The molecule has 0 amide bonds. The van der Waals surface area contributed by atoms with Crippen LogP contribution in [-0.2, 0) is 19.1 Å². The van der Waals surface area contributed by atoms with Crippen molar-refractivity contribution in [2.75, 3.05) is 0 Å². The fourth-order valence-electron chi connectivity index (χ4n) is 2.00. The van der Waals surface area contributed by atoms with Crippen molar-refractivity contribution < 1.29 is 38.9 Å². The molecule has 8 nitrogen and oxygen atoms in total. The molecular formula is C18H14O8. The Hall–Kier alpha value is -3.68. The first kappa shape index (κ1) is 18.7. The minimum atomic E-state index is -2.21. The molecule has 0 bridgehead atoms. The van der Waals surface area contributed by atoms with Crippen molar-refractivity contribution in [3.63, 3.8) is 0 Å². The van der Waals surface area contributed by atoms with Crippen molar-refractivity contribution in [3.05, 3.63) is 71.8 Å². The van der Waals surface area contributed by atoms with E-state index >= 15 is 0 Å². The van der Waals surface area contributed by atoms with Gasteiger partial charge in [0.25, 0.3) is 0 Å². The van der Waals surface area contributed by atoms with Gasteiger partial charge in [-0.2, -0.15) is 0 Å². The van der Waals surface area contributed by atoms with Gasteiger partial charge < -0.3 is 19.7 Å². The maximum Gasteiger partial charge on any atom is 0.349 e. The van der Waals surface area contributed by atoms with Crippen molar-refractivity contribution in [3.8, 4) is 0 Å².